The standard InChI is InChI=1S/C26H23ClN2O/c1-30-25-17-15-24(16-18-25)29-26(21-11-13-22(27)14-12-21)19-23(28-29)10-6-5-9-20-7-3-2-4-8-20/h2-5,7-9,11-19H,6,10H2,1H3. The van der Waals surface area contributed by atoms with Crippen LogP contribution < -0.4 is 4.74 Å². The summed E-state index contributed by atoms with van der Waals surface area (Å²) in [7, 11) is 1.67. The van der Waals surface area contributed by atoms with E-state index in [9.17, 15) is 0 Å². The van der Waals surface area contributed by atoms with Crippen LogP contribution in [0.1, 0.15) is 17.7 Å². The average Bonchev–Trinajstić information content (AvgIpc) is 3.22. The maximum absolute atomic E-state index is 6.09. The summed E-state index contributed by atoms with van der Waals surface area (Å²) in [5.41, 5.74) is 5.37. The molecule has 0 atom stereocenters. The van der Waals surface area contributed by atoms with Gasteiger partial charge >= 0.3 is 0 Å². The quantitative estimate of drug-likeness (QED) is 0.330. The van der Waals surface area contributed by atoms with Gasteiger partial charge in [-0.2, -0.15) is 5.10 Å². The molecule has 1 aromatic heterocycles. The molecule has 4 heteroatoms. The van der Waals surface area contributed by atoms with Gasteiger partial charge < -0.3 is 4.74 Å². The highest BCUT2D eigenvalue weighted by molar-refractivity contribution is 6.30. The van der Waals surface area contributed by atoms with Crippen molar-refractivity contribution in [3.05, 3.63) is 107 Å². The molecule has 4 rings (SSSR count). The van der Waals surface area contributed by atoms with Crippen molar-refractivity contribution in [2.75, 3.05) is 7.11 Å². The maximum atomic E-state index is 6.09. The highest BCUT2D eigenvalue weighted by Crippen LogP contribution is 2.27. The molecule has 0 saturated carbocycles. The van der Waals surface area contributed by atoms with Crippen molar-refractivity contribution < 1.29 is 4.74 Å². The monoisotopic (exact) mass is 414 g/mol. The van der Waals surface area contributed by atoms with Gasteiger partial charge in [-0.1, -0.05) is 66.2 Å². The predicted molar refractivity (Wildman–Crippen MR) is 124 cm³/mol. The zero-order valence-corrected chi connectivity index (χ0v) is 17.6. The molecule has 0 amide bonds. The first kappa shape index (κ1) is 20.0. The van der Waals surface area contributed by atoms with Crippen molar-refractivity contribution >= 4 is 17.7 Å². The minimum absolute atomic E-state index is 0.723. The van der Waals surface area contributed by atoms with E-state index in [2.05, 4.69) is 42.5 Å². The number of methoxy groups -OCH3 is 1. The molecule has 0 N–H and O–H groups in total. The predicted octanol–water partition coefficient (Wildman–Crippen LogP) is 6.85. The van der Waals surface area contributed by atoms with Crippen LogP contribution in [0.2, 0.25) is 5.02 Å². The fourth-order valence-corrected chi connectivity index (χ4v) is 3.44. The lowest BCUT2D eigenvalue weighted by Gasteiger charge is -2.08. The first-order chi connectivity index (χ1) is 14.7. The Bertz CT molecular complexity index is 1110. The van der Waals surface area contributed by atoms with E-state index >= 15 is 0 Å². The number of rotatable bonds is 7. The second kappa shape index (κ2) is 9.47. The van der Waals surface area contributed by atoms with Crippen molar-refractivity contribution in [1.29, 1.82) is 0 Å². The third kappa shape index (κ3) is 4.81. The molecular weight excluding hydrogens is 392 g/mol. The number of benzene rings is 3. The molecule has 0 radical (unpaired) electrons. The second-order valence-corrected chi connectivity index (χ2v) is 7.43. The molecule has 0 fully saturated rings. The lowest BCUT2D eigenvalue weighted by molar-refractivity contribution is 0.414. The third-order valence-electron chi connectivity index (χ3n) is 4.89. The number of hydrogen-bond donors (Lipinski definition) is 0. The SMILES string of the molecule is COc1ccc(-n2nc(CCC=Cc3ccccc3)cc2-c2ccc(Cl)cc2)cc1. The molecular formula is C26H23ClN2O. The van der Waals surface area contributed by atoms with Crippen LogP contribution in [0.4, 0.5) is 0 Å². The molecule has 1 heterocycles. The van der Waals surface area contributed by atoms with Gasteiger partial charge in [0.2, 0.25) is 0 Å². The van der Waals surface area contributed by atoms with Crippen LogP contribution >= 0.6 is 11.6 Å². The van der Waals surface area contributed by atoms with Gasteiger partial charge in [-0.15, -0.1) is 0 Å². The second-order valence-electron chi connectivity index (χ2n) is 6.99. The van der Waals surface area contributed by atoms with E-state index in [0.717, 1.165) is 46.3 Å². The Kier molecular flexibility index (Phi) is 6.31. The van der Waals surface area contributed by atoms with Crippen molar-refractivity contribution in [3.63, 3.8) is 0 Å². The number of ether oxygens (including phenoxy) is 1. The van der Waals surface area contributed by atoms with Crippen LogP contribution in [-0.4, -0.2) is 16.9 Å². The molecule has 30 heavy (non-hydrogen) atoms. The van der Waals surface area contributed by atoms with Crippen LogP contribution in [0.25, 0.3) is 23.0 Å². The van der Waals surface area contributed by atoms with Gasteiger partial charge in [0.1, 0.15) is 5.75 Å². The Hall–Kier alpha value is -3.30. The largest absolute Gasteiger partial charge is 0.497 e. The van der Waals surface area contributed by atoms with E-state index in [1.807, 2.05) is 59.3 Å². The van der Waals surface area contributed by atoms with Crippen LogP contribution in [0.5, 0.6) is 5.75 Å². The van der Waals surface area contributed by atoms with Gasteiger partial charge in [0.25, 0.3) is 0 Å². The Morgan fingerprint density at radius 1 is 0.933 bits per heavy atom. The lowest BCUT2D eigenvalue weighted by Crippen LogP contribution is -2.00. The van der Waals surface area contributed by atoms with Crippen molar-refractivity contribution in [2.45, 2.75) is 12.8 Å². The van der Waals surface area contributed by atoms with Gasteiger partial charge in [-0.05, 0) is 60.9 Å². The first-order valence-electron chi connectivity index (χ1n) is 9.94. The Balaban J connectivity index is 1.59. The molecule has 0 bridgehead atoms. The number of nitrogens with zero attached hydrogens (tertiary/aromatic N) is 2. The van der Waals surface area contributed by atoms with Gasteiger partial charge in [0, 0.05) is 10.6 Å². The number of allylic oxidation sites excluding steroid dienone is 1. The highest BCUT2D eigenvalue weighted by Gasteiger charge is 2.12. The van der Waals surface area contributed by atoms with Crippen molar-refractivity contribution in [1.82, 2.24) is 9.78 Å². The number of aromatic nitrogens is 2. The summed E-state index contributed by atoms with van der Waals surface area (Å²) < 4.78 is 7.27. The van der Waals surface area contributed by atoms with Gasteiger partial charge in [-0.25, -0.2) is 4.68 Å². The molecule has 3 aromatic carbocycles. The molecule has 0 aliphatic rings. The molecule has 3 nitrogen and oxygen atoms in total. The normalized spacial score (nSPS) is 11.1. The van der Waals surface area contributed by atoms with Gasteiger partial charge in [0.15, 0.2) is 0 Å². The summed E-state index contributed by atoms with van der Waals surface area (Å²) in [6, 6.07) is 28.3. The van der Waals surface area contributed by atoms with Gasteiger partial charge in [-0.3, -0.25) is 0 Å². The zero-order valence-electron chi connectivity index (χ0n) is 16.8. The average molecular weight is 415 g/mol. The van der Waals surface area contributed by atoms with Crippen molar-refractivity contribution in [2.24, 2.45) is 0 Å². The highest BCUT2D eigenvalue weighted by atomic mass is 35.5. The molecule has 0 saturated heterocycles. The number of hydrogen-bond acceptors (Lipinski definition) is 2. The van der Waals surface area contributed by atoms with E-state index in [-0.39, 0.29) is 0 Å². The maximum Gasteiger partial charge on any atom is 0.119 e. The fraction of sp³-hybridized carbons (Fsp3) is 0.115. The smallest absolute Gasteiger partial charge is 0.119 e. The summed E-state index contributed by atoms with van der Waals surface area (Å²) in [6.45, 7) is 0. The van der Waals surface area contributed by atoms with E-state index in [0.29, 0.717) is 0 Å². The summed E-state index contributed by atoms with van der Waals surface area (Å²) >= 11 is 6.09. The molecule has 0 aliphatic carbocycles. The summed E-state index contributed by atoms with van der Waals surface area (Å²) in [6.07, 6.45) is 6.14. The Morgan fingerprint density at radius 2 is 1.67 bits per heavy atom. The third-order valence-corrected chi connectivity index (χ3v) is 5.15. The topological polar surface area (TPSA) is 27.1 Å². The first-order valence-corrected chi connectivity index (χ1v) is 10.3. The van der Waals surface area contributed by atoms with E-state index < -0.39 is 0 Å². The Labute approximate surface area is 182 Å². The molecule has 0 unspecified atom stereocenters. The minimum Gasteiger partial charge on any atom is -0.497 e. The van der Waals surface area contributed by atoms with E-state index in [1.54, 1.807) is 7.11 Å². The van der Waals surface area contributed by atoms with Crippen LogP contribution in [0, 0.1) is 0 Å². The van der Waals surface area contributed by atoms with E-state index in [1.165, 1.54) is 5.56 Å². The van der Waals surface area contributed by atoms with E-state index in [4.69, 9.17) is 21.4 Å². The summed E-state index contributed by atoms with van der Waals surface area (Å²) in [5.74, 6) is 0.824. The number of halogens is 1. The van der Waals surface area contributed by atoms with Crippen LogP contribution in [-0.2, 0) is 6.42 Å². The molecule has 4 aromatic rings. The van der Waals surface area contributed by atoms with Crippen molar-refractivity contribution in [3.8, 4) is 22.7 Å². The summed E-state index contributed by atoms with van der Waals surface area (Å²) in [5, 5.41) is 5.61. The lowest BCUT2D eigenvalue weighted by atomic mass is 10.1. The molecule has 0 aliphatic heterocycles. The zero-order chi connectivity index (χ0) is 20.8. The summed E-state index contributed by atoms with van der Waals surface area (Å²) in [4.78, 5) is 0. The molecule has 150 valence electrons. The fourth-order valence-electron chi connectivity index (χ4n) is 3.31. The van der Waals surface area contributed by atoms with Gasteiger partial charge in [0.05, 0.1) is 24.2 Å². The number of aryl methyl sites for hydroxylation is 1. The minimum atomic E-state index is 0.723. The molecule has 0 spiro atoms. The van der Waals surface area contributed by atoms with Crippen LogP contribution in [0.3, 0.4) is 0 Å². The Morgan fingerprint density at radius 3 is 2.37 bits per heavy atom. The van der Waals surface area contributed by atoms with Crippen LogP contribution in [0.15, 0.2) is 91.0 Å².